The lowest BCUT2D eigenvalue weighted by Gasteiger charge is -2.34. The van der Waals surface area contributed by atoms with E-state index in [9.17, 15) is 4.79 Å². The Bertz CT molecular complexity index is 1330. The molecule has 1 aliphatic rings. The van der Waals surface area contributed by atoms with E-state index in [2.05, 4.69) is 44.3 Å². The smallest absolute Gasteiger partial charge is 0.257 e. The zero-order chi connectivity index (χ0) is 24.2. The molecule has 8 heteroatoms. The van der Waals surface area contributed by atoms with Crippen LogP contribution in [0.4, 0.5) is 0 Å². The van der Waals surface area contributed by atoms with Crippen LogP contribution in [0.25, 0.3) is 23.5 Å². The highest BCUT2D eigenvalue weighted by Crippen LogP contribution is 2.21. The van der Waals surface area contributed by atoms with Gasteiger partial charge in [-0.05, 0) is 37.6 Å². The van der Waals surface area contributed by atoms with E-state index in [1.165, 1.54) is 5.56 Å². The number of carbonyl (C=O) groups is 1. The second kappa shape index (κ2) is 10.1. The van der Waals surface area contributed by atoms with Crippen LogP contribution >= 0.6 is 0 Å². The van der Waals surface area contributed by atoms with Gasteiger partial charge < -0.3 is 9.32 Å². The quantitative estimate of drug-likeness (QED) is 0.425. The van der Waals surface area contributed by atoms with Gasteiger partial charge in [0.05, 0.1) is 17.5 Å². The highest BCUT2D eigenvalue weighted by atomic mass is 16.3. The van der Waals surface area contributed by atoms with Crippen molar-refractivity contribution < 1.29 is 9.21 Å². The molecule has 0 atom stereocenters. The van der Waals surface area contributed by atoms with Gasteiger partial charge in [0.15, 0.2) is 5.76 Å². The van der Waals surface area contributed by atoms with Gasteiger partial charge in [0.1, 0.15) is 11.5 Å². The number of nitrogens with zero attached hydrogens (tertiary/aromatic N) is 6. The summed E-state index contributed by atoms with van der Waals surface area (Å²) >= 11 is 0. The molecule has 0 bridgehead atoms. The normalized spacial score (nSPS) is 14.6. The van der Waals surface area contributed by atoms with Crippen LogP contribution in [0.1, 0.15) is 27.4 Å². The van der Waals surface area contributed by atoms with Gasteiger partial charge in [-0.15, -0.1) is 0 Å². The van der Waals surface area contributed by atoms with Crippen LogP contribution in [-0.4, -0.2) is 68.2 Å². The molecule has 0 radical (unpaired) electrons. The van der Waals surface area contributed by atoms with Gasteiger partial charge in [0, 0.05) is 38.9 Å². The summed E-state index contributed by atoms with van der Waals surface area (Å²) in [6, 6.07) is 15.8. The minimum absolute atomic E-state index is 0.00829. The first-order valence-corrected chi connectivity index (χ1v) is 11.8. The number of carbonyl (C=O) groups excluding carboxylic acids is 1. The van der Waals surface area contributed by atoms with Crippen molar-refractivity contribution in [2.45, 2.75) is 13.8 Å². The van der Waals surface area contributed by atoms with Crippen molar-refractivity contribution in [2.24, 2.45) is 0 Å². The molecule has 5 rings (SSSR count). The first-order chi connectivity index (χ1) is 17.1. The Morgan fingerprint density at radius 1 is 1.03 bits per heavy atom. The van der Waals surface area contributed by atoms with E-state index in [0.717, 1.165) is 31.1 Å². The number of rotatable bonds is 6. The summed E-state index contributed by atoms with van der Waals surface area (Å²) < 4.78 is 7.29. The number of amides is 1. The highest BCUT2D eigenvalue weighted by molar-refractivity contribution is 5.95. The van der Waals surface area contributed by atoms with Crippen LogP contribution in [0.15, 0.2) is 71.4 Å². The van der Waals surface area contributed by atoms with E-state index >= 15 is 0 Å². The first-order valence-electron chi connectivity index (χ1n) is 11.8. The lowest BCUT2D eigenvalue weighted by Crippen LogP contribution is -2.48. The summed E-state index contributed by atoms with van der Waals surface area (Å²) in [6.45, 7) is 7.69. The minimum atomic E-state index is -0.00829. The van der Waals surface area contributed by atoms with Gasteiger partial charge in [-0.3, -0.25) is 9.69 Å². The molecule has 0 N–H and O–H groups in total. The van der Waals surface area contributed by atoms with E-state index in [0.29, 0.717) is 36.1 Å². The van der Waals surface area contributed by atoms with E-state index < -0.39 is 0 Å². The maximum Gasteiger partial charge on any atom is 0.257 e. The monoisotopic (exact) mass is 468 g/mol. The summed E-state index contributed by atoms with van der Waals surface area (Å²) in [5, 5.41) is 4.42. The Kier molecular flexibility index (Phi) is 6.54. The molecular weight excluding hydrogens is 440 g/mol. The number of aromatic nitrogens is 4. The predicted molar refractivity (Wildman–Crippen MR) is 134 cm³/mol. The van der Waals surface area contributed by atoms with Gasteiger partial charge in [0.2, 0.25) is 0 Å². The molecular formula is C27H28N6O2. The molecule has 1 amide bonds. The van der Waals surface area contributed by atoms with Crippen molar-refractivity contribution in [3.8, 4) is 17.4 Å². The predicted octanol–water partition coefficient (Wildman–Crippen LogP) is 4.01. The van der Waals surface area contributed by atoms with Crippen LogP contribution in [0.5, 0.6) is 0 Å². The summed E-state index contributed by atoms with van der Waals surface area (Å²) in [7, 11) is 0. The average molecular weight is 469 g/mol. The third kappa shape index (κ3) is 5.07. The molecule has 1 aromatic carbocycles. The number of benzene rings is 1. The minimum Gasteiger partial charge on any atom is -0.460 e. The van der Waals surface area contributed by atoms with Crippen LogP contribution in [-0.2, 0) is 0 Å². The Labute approximate surface area is 204 Å². The molecule has 35 heavy (non-hydrogen) atoms. The SMILES string of the molecule is Cc1ccc(-c2ccnc(-n3ncc(C(=O)N4CCN(C/C=C/c5ccccc5)CC4)c3C)n2)o1. The van der Waals surface area contributed by atoms with Crippen molar-refractivity contribution in [1.82, 2.24) is 29.5 Å². The van der Waals surface area contributed by atoms with Crippen molar-refractivity contribution in [3.63, 3.8) is 0 Å². The second-order valence-corrected chi connectivity index (χ2v) is 8.61. The molecule has 8 nitrogen and oxygen atoms in total. The van der Waals surface area contributed by atoms with Crippen molar-refractivity contribution in [3.05, 3.63) is 89.6 Å². The fraction of sp³-hybridized carbons (Fsp3) is 0.259. The van der Waals surface area contributed by atoms with E-state index in [4.69, 9.17) is 4.42 Å². The van der Waals surface area contributed by atoms with E-state index in [1.54, 1.807) is 23.1 Å². The summed E-state index contributed by atoms with van der Waals surface area (Å²) in [4.78, 5) is 26.4. The number of hydrogen-bond acceptors (Lipinski definition) is 6. The van der Waals surface area contributed by atoms with Crippen molar-refractivity contribution in [1.29, 1.82) is 0 Å². The van der Waals surface area contributed by atoms with Crippen LogP contribution in [0, 0.1) is 13.8 Å². The molecule has 0 saturated carbocycles. The molecule has 3 aromatic heterocycles. The summed E-state index contributed by atoms with van der Waals surface area (Å²) in [5.74, 6) is 1.88. The van der Waals surface area contributed by atoms with Crippen LogP contribution in [0.3, 0.4) is 0 Å². The average Bonchev–Trinajstić information content (AvgIpc) is 3.50. The van der Waals surface area contributed by atoms with Gasteiger partial charge in [-0.25, -0.2) is 14.6 Å². The summed E-state index contributed by atoms with van der Waals surface area (Å²) in [5.41, 5.74) is 3.16. The molecule has 0 aliphatic carbocycles. The van der Waals surface area contributed by atoms with Gasteiger partial charge in [-0.2, -0.15) is 5.10 Å². The number of furan rings is 1. The molecule has 1 fully saturated rings. The second-order valence-electron chi connectivity index (χ2n) is 8.61. The van der Waals surface area contributed by atoms with Gasteiger partial charge >= 0.3 is 0 Å². The van der Waals surface area contributed by atoms with Gasteiger partial charge in [0.25, 0.3) is 11.9 Å². The highest BCUT2D eigenvalue weighted by Gasteiger charge is 2.25. The zero-order valence-corrected chi connectivity index (χ0v) is 20.0. The fourth-order valence-electron chi connectivity index (χ4n) is 4.19. The number of hydrogen-bond donors (Lipinski definition) is 0. The molecule has 4 aromatic rings. The van der Waals surface area contributed by atoms with Crippen molar-refractivity contribution in [2.75, 3.05) is 32.7 Å². The van der Waals surface area contributed by atoms with Crippen LogP contribution < -0.4 is 0 Å². The first kappa shape index (κ1) is 22.7. The number of piperazine rings is 1. The molecule has 1 aliphatic heterocycles. The maximum atomic E-state index is 13.2. The summed E-state index contributed by atoms with van der Waals surface area (Å²) in [6.07, 6.45) is 7.60. The maximum absolute atomic E-state index is 13.2. The van der Waals surface area contributed by atoms with E-state index in [1.807, 2.05) is 49.1 Å². The zero-order valence-electron chi connectivity index (χ0n) is 20.0. The Morgan fingerprint density at radius 2 is 1.83 bits per heavy atom. The standard InChI is InChI=1S/C27H28N6O2/c1-20-10-11-25(35-20)24-12-13-28-27(30-24)33-21(2)23(19-29-33)26(34)32-17-15-31(16-18-32)14-6-9-22-7-4-3-5-8-22/h3-13,19H,14-18H2,1-2H3/b9-6+. The molecule has 4 heterocycles. The lowest BCUT2D eigenvalue weighted by molar-refractivity contribution is 0.0649. The molecule has 178 valence electrons. The van der Waals surface area contributed by atoms with Gasteiger partial charge in [-0.1, -0.05) is 42.5 Å². The third-order valence-electron chi connectivity index (χ3n) is 6.20. The lowest BCUT2D eigenvalue weighted by atomic mass is 10.2. The Hall–Kier alpha value is -4.04. The molecule has 0 unspecified atom stereocenters. The third-order valence-corrected chi connectivity index (χ3v) is 6.20. The Morgan fingerprint density at radius 3 is 2.57 bits per heavy atom. The van der Waals surface area contributed by atoms with E-state index in [-0.39, 0.29) is 5.91 Å². The topological polar surface area (TPSA) is 80.3 Å². The van der Waals surface area contributed by atoms with Crippen LogP contribution in [0.2, 0.25) is 0 Å². The molecule has 0 spiro atoms. The number of aryl methyl sites for hydroxylation is 1. The fourth-order valence-corrected chi connectivity index (χ4v) is 4.19. The molecule has 1 saturated heterocycles. The Balaban J connectivity index is 1.22. The van der Waals surface area contributed by atoms with Crippen molar-refractivity contribution >= 4 is 12.0 Å². The largest absolute Gasteiger partial charge is 0.460 e.